The number of anilines is 1. The third-order valence-corrected chi connectivity index (χ3v) is 6.87. The Balaban J connectivity index is 1.74. The third-order valence-electron chi connectivity index (χ3n) is 5.05. The van der Waals surface area contributed by atoms with Crippen LogP contribution in [0.15, 0.2) is 53.4 Å². The van der Waals surface area contributed by atoms with Gasteiger partial charge >= 0.3 is 5.97 Å². The fourth-order valence-corrected chi connectivity index (χ4v) is 4.23. The lowest BCUT2D eigenvalue weighted by Crippen LogP contribution is -2.24. The van der Waals surface area contributed by atoms with Gasteiger partial charge in [-0.3, -0.25) is 4.79 Å². The molecule has 34 heavy (non-hydrogen) atoms. The van der Waals surface area contributed by atoms with E-state index in [1.165, 1.54) is 39.4 Å². The van der Waals surface area contributed by atoms with Crippen LogP contribution in [0.5, 0.6) is 5.75 Å². The standard InChI is InChI=1S/C23H26N4O6S/c1-15-22(16(2)27(25-15)17-9-7-6-8-10-17)23(29)33-14-21(28)24-19-13-18(11-12-20(19)32-5)34(30,31)26(3)4/h6-13H,14H2,1-5H3,(H,24,28). The Morgan fingerprint density at radius 2 is 1.76 bits per heavy atom. The number of nitrogens with one attached hydrogen (secondary N) is 1. The van der Waals surface area contributed by atoms with E-state index in [1.54, 1.807) is 18.5 Å². The molecule has 0 aliphatic carbocycles. The van der Waals surface area contributed by atoms with Gasteiger partial charge < -0.3 is 14.8 Å². The SMILES string of the molecule is COc1ccc(S(=O)(=O)N(C)C)cc1NC(=O)COC(=O)c1c(C)nn(-c2ccccc2)c1C. The average molecular weight is 487 g/mol. The number of ether oxygens (including phenoxy) is 2. The first kappa shape index (κ1) is 24.9. The van der Waals surface area contributed by atoms with E-state index in [0.717, 1.165) is 9.99 Å². The number of para-hydroxylation sites is 1. The number of amides is 1. The number of rotatable bonds is 8. The molecule has 0 saturated carbocycles. The minimum Gasteiger partial charge on any atom is -0.495 e. The van der Waals surface area contributed by atoms with Crippen molar-refractivity contribution < 1.29 is 27.5 Å². The van der Waals surface area contributed by atoms with E-state index in [9.17, 15) is 18.0 Å². The quantitative estimate of drug-likeness (QED) is 0.486. The maximum absolute atomic E-state index is 12.7. The van der Waals surface area contributed by atoms with E-state index in [-0.39, 0.29) is 21.9 Å². The lowest BCUT2D eigenvalue weighted by atomic mass is 10.2. The molecular weight excluding hydrogens is 460 g/mol. The Bertz CT molecular complexity index is 1320. The molecular formula is C23H26N4O6S. The lowest BCUT2D eigenvalue weighted by molar-refractivity contribution is -0.119. The third kappa shape index (κ3) is 5.10. The number of esters is 1. The molecule has 10 nitrogen and oxygen atoms in total. The molecule has 0 spiro atoms. The number of benzene rings is 2. The summed E-state index contributed by atoms with van der Waals surface area (Å²) in [6, 6.07) is 13.4. The molecule has 180 valence electrons. The summed E-state index contributed by atoms with van der Waals surface area (Å²) in [6.45, 7) is 2.85. The minimum absolute atomic E-state index is 0.0230. The van der Waals surface area contributed by atoms with Gasteiger partial charge in [0, 0.05) is 14.1 Å². The van der Waals surface area contributed by atoms with E-state index in [0.29, 0.717) is 11.4 Å². The van der Waals surface area contributed by atoms with Gasteiger partial charge in [0.15, 0.2) is 6.61 Å². The normalized spacial score (nSPS) is 11.4. The fraction of sp³-hybridized carbons (Fsp3) is 0.261. The second-order valence-corrected chi connectivity index (χ2v) is 9.72. The Labute approximate surface area is 198 Å². The van der Waals surface area contributed by atoms with Crippen LogP contribution >= 0.6 is 0 Å². The summed E-state index contributed by atoms with van der Waals surface area (Å²) >= 11 is 0. The Hall–Kier alpha value is -3.70. The zero-order chi connectivity index (χ0) is 25.0. The molecule has 0 aliphatic heterocycles. The van der Waals surface area contributed by atoms with Gasteiger partial charge in [-0.2, -0.15) is 5.10 Å². The number of hydrogen-bond donors (Lipinski definition) is 1. The van der Waals surface area contributed by atoms with E-state index >= 15 is 0 Å². The number of carbonyl (C=O) groups is 2. The van der Waals surface area contributed by atoms with Crippen LogP contribution in [0.3, 0.4) is 0 Å². The average Bonchev–Trinajstić information content (AvgIpc) is 3.11. The zero-order valence-corrected chi connectivity index (χ0v) is 20.3. The summed E-state index contributed by atoms with van der Waals surface area (Å²) in [6.07, 6.45) is 0. The number of carbonyl (C=O) groups excluding carboxylic acids is 2. The molecule has 0 saturated heterocycles. The molecule has 1 amide bonds. The summed E-state index contributed by atoms with van der Waals surface area (Å²) in [5.41, 5.74) is 2.25. The Morgan fingerprint density at radius 1 is 1.09 bits per heavy atom. The molecule has 3 aromatic rings. The summed E-state index contributed by atoms with van der Waals surface area (Å²) in [5.74, 6) is -1.09. The number of hydrogen-bond acceptors (Lipinski definition) is 7. The summed E-state index contributed by atoms with van der Waals surface area (Å²) < 4.78 is 37.9. The molecule has 1 heterocycles. The molecule has 0 bridgehead atoms. The highest BCUT2D eigenvalue weighted by Crippen LogP contribution is 2.28. The van der Waals surface area contributed by atoms with Crippen molar-refractivity contribution >= 4 is 27.6 Å². The number of methoxy groups -OCH3 is 1. The number of aromatic nitrogens is 2. The largest absolute Gasteiger partial charge is 0.495 e. The van der Waals surface area contributed by atoms with Crippen LogP contribution in [0.1, 0.15) is 21.7 Å². The first-order valence-corrected chi connectivity index (χ1v) is 11.7. The van der Waals surface area contributed by atoms with E-state index < -0.39 is 28.5 Å². The summed E-state index contributed by atoms with van der Waals surface area (Å²) in [4.78, 5) is 25.2. The van der Waals surface area contributed by atoms with Gasteiger partial charge in [-0.25, -0.2) is 22.2 Å². The van der Waals surface area contributed by atoms with Crippen molar-refractivity contribution in [3.63, 3.8) is 0 Å². The van der Waals surface area contributed by atoms with Gasteiger partial charge in [0.1, 0.15) is 11.3 Å². The highest BCUT2D eigenvalue weighted by molar-refractivity contribution is 7.89. The molecule has 2 aromatic carbocycles. The Morgan fingerprint density at radius 3 is 2.38 bits per heavy atom. The molecule has 0 radical (unpaired) electrons. The van der Waals surface area contributed by atoms with Crippen molar-refractivity contribution in [2.75, 3.05) is 33.1 Å². The predicted octanol–water partition coefficient (Wildman–Crippen LogP) is 2.54. The van der Waals surface area contributed by atoms with Crippen LogP contribution in [-0.4, -0.2) is 62.2 Å². The monoisotopic (exact) mass is 486 g/mol. The zero-order valence-electron chi connectivity index (χ0n) is 19.5. The second kappa shape index (κ2) is 10.1. The maximum Gasteiger partial charge on any atom is 0.342 e. The molecule has 11 heteroatoms. The van der Waals surface area contributed by atoms with Crippen LogP contribution < -0.4 is 10.1 Å². The number of sulfonamides is 1. The van der Waals surface area contributed by atoms with Crippen molar-refractivity contribution in [2.45, 2.75) is 18.7 Å². The van der Waals surface area contributed by atoms with Crippen LogP contribution in [0.4, 0.5) is 5.69 Å². The number of aryl methyl sites for hydroxylation is 1. The van der Waals surface area contributed by atoms with Crippen LogP contribution in [-0.2, 0) is 19.6 Å². The van der Waals surface area contributed by atoms with Crippen molar-refractivity contribution in [3.05, 3.63) is 65.5 Å². The van der Waals surface area contributed by atoms with Gasteiger partial charge in [0.2, 0.25) is 10.0 Å². The van der Waals surface area contributed by atoms with Crippen LogP contribution in [0, 0.1) is 13.8 Å². The minimum atomic E-state index is -3.72. The summed E-state index contributed by atoms with van der Waals surface area (Å²) in [7, 11) is 0.478. The van der Waals surface area contributed by atoms with Crippen molar-refractivity contribution in [1.29, 1.82) is 0 Å². The van der Waals surface area contributed by atoms with Gasteiger partial charge in [-0.05, 0) is 44.2 Å². The van der Waals surface area contributed by atoms with Crippen LogP contribution in [0.25, 0.3) is 5.69 Å². The van der Waals surface area contributed by atoms with Crippen molar-refractivity contribution in [3.8, 4) is 11.4 Å². The molecule has 1 aromatic heterocycles. The Kier molecular flexibility index (Phi) is 7.38. The van der Waals surface area contributed by atoms with Gasteiger partial charge in [-0.15, -0.1) is 0 Å². The highest BCUT2D eigenvalue weighted by Gasteiger charge is 2.23. The molecule has 0 unspecified atom stereocenters. The predicted molar refractivity (Wildman–Crippen MR) is 126 cm³/mol. The molecule has 0 atom stereocenters. The van der Waals surface area contributed by atoms with Crippen molar-refractivity contribution in [2.24, 2.45) is 0 Å². The molecule has 3 rings (SSSR count). The molecule has 0 aliphatic rings. The number of nitrogens with zero attached hydrogens (tertiary/aromatic N) is 3. The highest BCUT2D eigenvalue weighted by atomic mass is 32.2. The fourth-order valence-electron chi connectivity index (χ4n) is 3.30. The topological polar surface area (TPSA) is 120 Å². The van der Waals surface area contributed by atoms with E-state index in [2.05, 4.69) is 10.4 Å². The summed E-state index contributed by atoms with van der Waals surface area (Å²) in [5, 5.41) is 6.94. The van der Waals surface area contributed by atoms with Gasteiger partial charge in [0.25, 0.3) is 5.91 Å². The van der Waals surface area contributed by atoms with Crippen LogP contribution in [0.2, 0.25) is 0 Å². The van der Waals surface area contributed by atoms with Crippen molar-refractivity contribution in [1.82, 2.24) is 14.1 Å². The van der Waals surface area contributed by atoms with E-state index in [4.69, 9.17) is 9.47 Å². The first-order valence-electron chi connectivity index (χ1n) is 10.3. The first-order chi connectivity index (χ1) is 16.1. The van der Waals surface area contributed by atoms with E-state index in [1.807, 2.05) is 30.3 Å². The lowest BCUT2D eigenvalue weighted by Gasteiger charge is -2.15. The van der Waals surface area contributed by atoms with Gasteiger partial charge in [0.05, 0.1) is 34.8 Å². The second-order valence-electron chi connectivity index (χ2n) is 7.57. The maximum atomic E-state index is 12.7. The van der Waals surface area contributed by atoms with Gasteiger partial charge in [-0.1, -0.05) is 18.2 Å². The molecule has 1 N–H and O–H groups in total. The smallest absolute Gasteiger partial charge is 0.342 e. The molecule has 0 fully saturated rings.